The Hall–Kier alpha value is -1.96. The van der Waals surface area contributed by atoms with E-state index in [4.69, 9.17) is 4.42 Å². The van der Waals surface area contributed by atoms with E-state index >= 15 is 0 Å². The zero-order valence-corrected chi connectivity index (χ0v) is 8.10. The van der Waals surface area contributed by atoms with E-state index in [1.54, 1.807) is 7.05 Å². The molecule has 0 saturated carbocycles. The monoisotopic (exact) mass is 210 g/mol. The van der Waals surface area contributed by atoms with Crippen LogP contribution in [-0.4, -0.2) is 27.4 Å². The molecule has 0 aromatic carbocycles. The molecule has 0 bridgehead atoms. The van der Waals surface area contributed by atoms with E-state index in [9.17, 15) is 0 Å². The SMILES string of the molecule is CNCc1nnc(NCc2ncon2)o1. The molecule has 0 spiro atoms. The fraction of sp³-hybridized carbons (Fsp3) is 0.429. The van der Waals surface area contributed by atoms with Gasteiger partial charge in [-0.1, -0.05) is 10.3 Å². The van der Waals surface area contributed by atoms with Crippen molar-refractivity contribution in [3.8, 4) is 0 Å². The van der Waals surface area contributed by atoms with Gasteiger partial charge in [0.2, 0.25) is 12.3 Å². The van der Waals surface area contributed by atoms with Crippen molar-refractivity contribution in [2.75, 3.05) is 12.4 Å². The maximum Gasteiger partial charge on any atom is 0.315 e. The van der Waals surface area contributed by atoms with Gasteiger partial charge in [0.25, 0.3) is 0 Å². The first kappa shape index (κ1) is 9.59. The van der Waals surface area contributed by atoms with E-state index in [0.29, 0.717) is 30.8 Å². The number of nitrogens with one attached hydrogen (secondary N) is 2. The third-order valence-electron chi connectivity index (χ3n) is 1.60. The summed E-state index contributed by atoms with van der Waals surface area (Å²) in [6, 6.07) is 0.338. The van der Waals surface area contributed by atoms with Crippen LogP contribution < -0.4 is 10.6 Å². The molecule has 0 unspecified atom stereocenters. The Morgan fingerprint density at radius 1 is 1.33 bits per heavy atom. The lowest BCUT2D eigenvalue weighted by atomic mass is 10.6. The van der Waals surface area contributed by atoms with Crippen molar-refractivity contribution in [2.45, 2.75) is 13.1 Å². The molecular formula is C7H10N6O2. The first-order chi connectivity index (χ1) is 7.38. The van der Waals surface area contributed by atoms with Crippen LogP contribution >= 0.6 is 0 Å². The van der Waals surface area contributed by atoms with Crippen LogP contribution in [0.1, 0.15) is 11.7 Å². The quantitative estimate of drug-likeness (QED) is 0.698. The fourth-order valence-corrected chi connectivity index (χ4v) is 0.973. The number of hydrogen-bond acceptors (Lipinski definition) is 8. The minimum atomic E-state index is 0.338. The molecule has 8 nitrogen and oxygen atoms in total. The normalized spacial score (nSPS) is 10.5. The summed E-state index contributed by atoms with van der Waals surface area (Å²) in [7, 11) is 1.80. The zero-order valence-electron chi connectivity index (χ0n) is 8.10. The Bertz CT molecular complexity index is 397. The van der Waals surface area contributed by atoms with Gasteiger partial charge in [0, 0.05) is 0 Å². The summed E-state index contributed by atoms with van der Waals surface area (Å²) in [4.78, 5) is 3.83. The van der Waals surface area contributed by atoms with Gasteiger partial charge >= 0.3 is 6.01 Å². The number of anilines is 1. The zero-order chi connectivity index (χ0) is 10.5. The molecule has 2 aromatic heterocycles. The minimum absolute atomic E-state index is 0.338. The summed E-state index contributed by atoms with van der Waals surface area (Å²) < 4.78 is 9.81. The number of nitrogens with zero attached hydrogens (tertiary/aromatic N) is 4. The molecule has 0 aliphatic heterocycles. The molecule has 2 aromatic rings. The van der Waals surface area contributed by atoms with Gasteiger partial charge in [0.05, 0.1) is 13.1 Å². The predicted octanol–water partition coefficient (Wildman–Crippen LogP) is -0.216. The number of aromatic nitrogens is 4. The Labute approximate surface area is 85.1 Å². The molecule has 2 N–H and O–H groups in total. The van der Waals surface area contributed by atoms with Gasteiger partial charge in [-0.15, -0.1) is 5.10 Å². The lowest BCUT2D eigenvalue weighted by molar-refractivity contribution is 0.410. The molecule has 8 heteroatoms. The Morgan fingerprint density at radius 2 is 2.27 bits per heavy atom. The standard InChI is InChI=1S/C7H10N6O2/c1-8-3-6-11-12-7(15-6)9-2-5-10-4-14-13-5/h4,8H,2-3H2,1H3,(H,9,12). The average molecular weight is 210 g/mol. The van der Waals surface area contributed by atoms with Crippen LogP contribution in [0.2, 0.25) is 0 Å². The van der Waals surface area contributed by atoms with Crippen LogP contribution in [0.25, 0.3) is 0 Å². The van der Waals surface area contributed by atoms with Crippen LogP contribution in [-0.2, 0) is 13.1 Å². The molecule has 15 heavy (non-hydrogen) atoms. The second-order valence-electron chi connectivity index (χ2n) is 2.73. The maximum atomic E-state index is 5.24. The highest BCUT2D eigenvalue weighted by Crippen LogP contribution is 2.05. The van der Waals surface area contributed by atoms with Gasteiger partial charge in [-0.25, -0.2) is 0 Å². The average Bonchev–Trinajstić information content (AvgIpc) is 2.85. The molecule has 0 saturated heterocycles. The van der Waals surface area contributed by atoms with Crippen molar-refractivity contribution in [1.29, 1.82) is 0 Å². The number of hydrogen-bond donors (Lipinski definition) is 2. The second kappa shape index (κ2) is 4.51. The highest BCUT2D eigenvalue weighted by molar-refractivity contribution is 5.17. The first-order valence-electron chi connectivity index (χ1n) is 4.34. The molecule has 0 aliphatic rings. The minimum Gasteiger partial charge on any atom is -0.407 e. The second-order valence-corrected chi connectivity index (χ2v) is 2.73. The van der Waals surface area contributed by atoms with Crippen molar-refractivity contribution < 1.29 is 8.94 Å². The molecule has 0 radical (unpaired) electrons. The molecule has 2 rings (SSSR count). The lowest BCUT2D eigenvalue weighted by Crippen LogP contribution is -2.04. The van der Waals surface area contributed by atoms with Crippen LogP contribution in [0, 0.1) is 0 Å². The highest BCUT2D eigenvalue weighted by atomic mass is 16.5. The molecule has 0 amide bonds. The summed E-state index contributed by atoms with van der Waals surface area (Å²) in [5.74, 6) is 1.05. The van der Waals surface area contributed by atoms with Gasteiger partial charge in [0.1, 0.15) is 0 Å². The van der Waals surface area contributed by atoms with Crippen molar-refractivity contribution in [2.24, 2.45) is 0 Å². The van der Waals surface area contributed by atoms with Crippen LogP contribution in [0.15, 0.2) is 15.3 Å². The maximum absolute atomic E-state index is 5.24. The van der Waals surface area contributed by atoms with Crippen LogP contribution in [0.4, 0.5) is 6.01 Å². The Morgan fingerprint density at radius 3 is 3.00 bits per heavy atom. The van der Waals surface area contributed by atoms with Crippen LogP contribution in [0.5, 0.6) is 0 Å². The largest absolute Gasteiger partial charge is 0.407 e. The van der Waals surface area contributed by atoms with Gasteiger partial charge in [-0.05, 0) is 7.05 Å². The molecular weight excluding hydrogens is 200 g/mol. The molecule has 80 valence electrons. The third-order valence-corrected chi connectivity index (χ3v) is 1.60. The van der Waals surface area contributed by atoms with Crippen molar-refractivity contribution in [3.05, 3.63) is 18.1 Å². The lowest BCUT2D eigenvalue weighted by Gasteiger charge is -1.94. The summed E-state index contributed by atoms with van der Waals surface area (Å²) in [6.07, 6.45) is 1.26. The van der Waals surface area contributed by atoms with Gasteiger partial charge in [-0.3, -0.25) is 0 Å². The topological polar surface area (TPSA) is 102 Å². The molecule has 2 heterocycles. The first-order valence-corrected chi connectivity index (χ1v) is 4.34. The third kappa shape index (κ3) is 2.50. The van der Waals surface area contributed by atoms with Crippen molar-refractivity contribution in [1.82, 2.24) is 25.7 Å². The van der Waals surface area contributed by atoms with E-state index in [0.717, 1.165) is 0 Å². The van der Waals surface area contributed by atoms with E-state index in [1.807, 2.05) is 0 Å². The van der Waals surface area contributed by atoms with E-state index in [1.165, 1.54) is 6.39 Å². The molecule has 0 aliphatic carbocycles. The van der Waals surface area contributed by atoms with Crippen molar-refractivity contribution in [3.63, 3.8) is 0 Å². The molecule has 0 atom stereocenters. The molecule has 0 fully saturated rings. The van der Waals surface area contributed by atoms with E-state index in [-0.39, 0.29) is 0 Å². The summed E-state index contributed by atoms with van der Waals surface area (Å²) in [5.41, 5.74) is 0. The van der Waals surface area contributed by atoms with Gasteiger partial charge in [0.15, 0.2) is 5.82 Å². The predicted molar refractivity (Wildman–Crippen MR) is 48.7 cm³/mol. The van der Waals surface area contributed by atoms with Crippen LogP contribution in [0.3, 0.4) is 0 Å². The fourth-order valence-electron chi connectivity index (χ4n) is 0.973. The highest BCUT2D eigenvalue weighted by Gasteiger charge is 2.05. The summed E-state index contributed by atoms with van der Waals surface area (Å²) >= 11 is 0. The summed E-state index contributed by atoms with van der Waals surface area (Å²) in [6.45, 7) is 0.925. The van der Waals surface area contributed by atoms with Gasteiger partial charge < -0.3 is 19.6 Å². The van der Waals surface area contributed by atoms with Gasteiger partial charge in [-0.2, -0.15) is 4.98 Å². The van der Waals surface area contributed by atoms with Crippen molar-refractivity contribution >= 4 is 6.01 Å². The number of rotatable bonds is 5. The van der Waals surface area contributed by atoms with E-state index in [2.05, 4.69) is 35.5 Å². The Balaban J connectivity index is 1.88. The van der Waals surface area contributed by atoms with E-state index < -0.39 is 0 Å². The summed E-state index contributed by atoms with van der Waals surface area (Å²) in [5, 5.41) is 17.0. The Kier molecular flexibility index (Phi) is 2.88. The smallest absolute Gasteiger partial charge is 0.315 e.